The average Bonchev–Trinajstić information content (AvgIpc) is 2.51. The molecule has 4 heteroatoms. The number of rotatable bonds is 7. The standard InChI is InChI=1S/C11H16Br2OS/c1-2-3-4-6-14-7-5-9-8-10(12)15-11(9)13/h8H,2-7H2,1H3. The lowest BCUT2D eigenvalue weighted by Crippen LogP contribution is -1.99. The Morgan fingerprint density at radius 1 is 1.27 bits per heavy atom. The van der Waals surface area contributed by atoms with Crippen molar-refractivity contribution in [2.75, 3.05) is 13.2 Å². The van der Waals surface area contributed by atoms with Crippen LogP contribution in [0.2, 0.25) is 0 Å². The second kappa shape index (κ2) is 7.82. The molecule has 0 aliphatic rings. The molecule has 86 valence electrons. The Kier molecular flexibility index (Phi) is 7.14. The molecule has 0 saturated heterocycles. The summed E-state index contributed by atoms with van der Waals surface area (Å²) in [6.07, 6.45) is 4.71. The van der Waals surface area contributed by atoms with Crippen LogP contribution in [-0.2, 0) is 11.2 Å². The van der Waals surface area contributed by atoms with Gasteiger partial charge in [-0.1, -0.05) is 19.8 Å². The number of thiophene rings is 1. The zero-order valence-electron chi connectivity index (χ0n) is 8.89. The van der Waals surface area contributed by atoms with Gasteiger partial charge in [0.25, 0.3) is 0 Å². The Balaban J connectivity index is 2.12. The molecule has 0 N–H and O–H groups in total. The zero-order chi connectivity index (χ0) is 11.1. The molecule has 1 aromatic heterocycles. The van der Waals surface area contributed by atoms with E-state index in [4.69, 9.17) is 4.74 Å². The molecule has 0 atom stereocenters. The van der Waals surface area contributed by atoms with Gasteiger partial charge in [0, 0.05) is 6.61 Å². The van der Waals surface area contributed by atoms with Gasteiger partial charge >= 0.3 is 0 Å². The van der Waals surface area contributed by atoms with E-state index in [0.29, 0.717) is 0 Å². The van der Waals surface area contributed by atoms with Gasteiger partial charge in [-0.25, -0.2) is 0 Å². The summed E-state index contributed by atoms with van der Waals surface area (Å²) in [6, 6.07) is 2.16. The summed E-state index contributed by atoms with van der Waals surface area (Å²) >= 11 is 8.74. The van der Waals surface area contributed by atoms with Crippen molar-refractivity contribution in [3.63, 3.8) is 0 Å². The van der Waals surface area contributed by atoms with E-state index in [-0.39, 0.29) is 0 Å². The van der Waals surface area contributed by atoms with Crippen molar-refractivity contribution in [3.8, 4) is 0 Å². The zero-order valence-corrected chi connectivity index (χ0v) is 12.9. The number of hydrogen-bond donors (Lipinski definition) is 0. The average molecular weight is 356 g/mol. The normalized spacial score (nSPS) is 10.9. The van der Waals surface area contributed by atoms with Crippen LogP contribution in [0, 0.1) is 0 Å². The molecule has 0 amide bonds. The lowest BCUT2D eigenvalue weighted by atomic mass is 10.2. The van der Waals surface area contributed by atoms with Crippen molar-refractivity contribution in [1.29, 1.82) is 0 Å². The van der Waals surface area contributed by atoms with Crippen LogP contribution in [0.25, 0.3) is 0 Å². The van der Waals surface area contributed by atoms with Gasteiger partial charge in [-0.05, 0) is 56.3 Å². The molecule has 0 aliphatic carbocycles. The van der Waals surface area contributed by atoms with E-state index >= 15 is 0 Å². The topological polar surface area (TPSA) is 9.23 Å². The quantitative estimate of drug-likeness (QED) is 0.624. The van der Waals surface area contributed by atoms with E-state index in [1.54, 1.807) is 11.3 Å². The van der Waals surface area contributed by atoms with Gasteiger partial charge in [0.15, 0.2) is 0 Å². The van der Waals surface area contributed by atoms with Crippen LogP contribution in [0.4, 0.5) is 0 Å². The maximum atomic E-state index is 5.57. The van der Waals surface area contributed by atoms with Gasteiger partial charge in [0.2, 0.25) is 0 Å². The van der Waals surface area contributed by atoms with Crippen molar-refractivity contribution < 1.29 is 4.74 Å². The van der Waals surface area contributed by atoms with Crippen LogP contribution >= 0.6 is 43.2 Å². The molecule has 1 rings (SSSR count). The molecule has 0 saturated carbocycles. The molecule has 0 aromatic carbocycles. The number of hydrogen-bond acceptors (Lipinski definition) is 2. The number of halogens is 2. The monoisotopic (exact) mass is 354 g/mol. The van der Waals surface area contributed by atoms with E-state index in [1.165, 1.54) is 32.4 Å². The molecule has 0 radical (unpaired) electrons. The second-order valence-corrected chi connectivity index (χ2v) is 7.17. The fourth-order valence-electron chi connectivity index (χ4n) is 1.28. The maximum Gasteiger partial charge on any atom is 0.0743 e. The Morgan fingerprint density at radius 2 is 2.07 bits per heavy atom. The minimum atomic E-state index is 0.825. The Bertz CT molecular complexity index is 286. The highest BCUT2D eigenvalue weighted by Crippen LogP contribution is 2.32. The van der Waals surface area contributed by atoms with E-state index in [9.17, 15) is 0 Å². The fraction of sp³-hybridized carbons (Fsp3) is 0.636. The van der Waals surface area contributed by atoms with E-state index < -0.39 is 0 Å². The van der Waals surface area contributed by atoms with Gasteiger partial charge in [-0.15, -0.1) is 11.3 Å². The molecule has 0 unspecified atom stereocenters. The Hall–Kier alpha value is 0.620. The summed E-state index contributed by atoms with van der Waals surface area (Å²) in [5.41, 5.74) is 1.34. The highest BCUT2D eigenvalue weighted by Gasteiger charge is 2.04. The summed E-state index contributed by atoms with van der Waals surface area (Å²) in [5, 5.41) is 0. The minimum Gasteiger partial charge on any atom is -0.381 e. The van der Waals surface area contributed by atoms with Crippen molar-refractivity contribution in [1.82, 2.24) is 0 Å². The van der Waals surface area contributed by atoms with Crippen molar-refractivity contribution in [2.45, 2.75) is 32.6 Å². The SMILES string of the molecule is CCCCCOCCc1cc(Br)sc1Br. The van der Waals surface area contributed by atoms with Crippen LogP contribution in [0.15, 0.2) is 13.6 Å². The summed E-state index contributed by atoms with van der Waals surface area (Å²) in [5.74, 6) is 0. The first-order chi connectivity index (χ1) is 7.24. The lowest BCUT2D eigenvalue weighted by molar-refractivity contribution is 0.133. The minimum absolute atomic E-state index is 0.825. The predicted octanol–water partition coefficient (Wildman–Crippen LogP) is 5.02. The molecule has 0 aliphatic heterocycles. The highest BCUT2D eigenvalue weighted by molar-refractivity contribution is 9.12. The van der Waals surface area contributed by atoms with E-state index in [0.717, 1.165) is 19.6 Å². The van der Waals surface area contributed by atoms with Crippen molar-refractivity contribution >= 4 is 43.2 Å². The van der Waals surface area contributed by atoms with Crippen molar-refractivity contribution in [2.24, 2.45) is 0 Å². The van der Waals surface area contributed by atoms with Gasteiger partial charge in [0.1, 0.15) is 0 Å². The molecule has 0 fully saturated rings. The van der Waals surface area contributed by atoms with Gasteiger partial charge < -0.3 is 4.74 Å². The molecule has 15 heavy (non-hydrogen) atoms. The van der Waals surface area contributed by atoms with E-state index in [2.05, 4.69) is 44.8 Å². The first-order valence-corrected chi connectivity index (χ1v) is 7.65. The summed E-state index contributed by atoms with van der Waals surface area (Å²) in [6.45, 7) is 3.93. The summed E-state index contributed by atoms with van der Waals surface area (Å²) in [4.78, 5) is 0. The van der Waals surface area contributed by atoms with Crippen LogP contribution in [0.3, 0.4) is 0 Å². The van der Waals surface area contributed by atoms with Gasteiger partial charge in [-0.3, -0.25) is 0 Å². The molecule has 1 nitrogen and oxygen atoms in total. The molecule has 0 spiro atoms. The third-order valence-corrected chi connectivity index (χ3v) is 4.60. The van der Waals surface area contributed by atoms with Crippen LogP contribution in [-0.4, -0.2) is 13.2 Å². The Labute approximate surface area is 112 Å². The third kappa shape index (κ3) is 5.48. The molecule has 1 heterocycles. The van der Waals surface area contributed by atoms with Crippen LogP contribution < -0.4 is 0 Å². The lowest BCUT2D eigenvalue weighted by Gasteiger charge is -2.02. The number of unbranched alkanes of at least 4 members (excludes halogenated alkanes) is 2. The predicted molar refractivity (Wildman–Crippen MR) is 73.8 cm³/mol. The highest BCUT2D eigenvalue weighted by atomic mass is 79.9. The molecule has 0 bridgehead atoms. The smallest absolute Gasteiger partial charge is 0.0743 e. The van der Waals surface area contributed by atoms with E-state index in [1.807, 2.05) is 0 Å². The molecule has 1 aromatic rings. The maximum absolute atomic E-state index is 5.57. The largest absolute Gasteiger partial charge is 0.381 e. The summed E-state index contributed by atoms with van der Waals surface area (Å²) < 4.78 is 7.96. The third-order valence-electron chi connectivity index (χ3n) is 2.14. The second-order valence-electron chi connectivity index (χ2n) is 3.42. The van der Waals surface area contributed by atoms with Crippen LogP contribution in [0.1, 0.15) is 31.7 Å². The van der Waals surface area contributed by atoms with Crippen LogP contribution in [0.5, 0.6) is 0 Å². The van der Waals surface area contributed by atoms with Crippen molar-refractivity contribution in [3.05, 3.63) is 19.2 Å². The number of ether oxygens (including phenoxy) is 1. The Morgan fingerprint density at radius 3 is 2.67 bits per heavy atom. The first-order valence-electron chi connectivity index (χ1n) is 5.25. The van der Waals surface area contributed by atoms with Gasteiger partial charge in [-0.2, -0.15) is 0 Å². The molecular weight excluding hydrogens is 340 g/mol. The summed E-state index contributed by atoms with van der Waals surface area (Å²) in [7, 11) is 0. The first kappa shape index (κ1) is 13.7. The van der Waals surface area contributed by atoms with Gasteiger partial charge in [0.05, 0.1) is 14.2 Å². The molecular formula is C11H16Br2OS. The fourth-order valence-corrected chi connectivity index (χ4v) is 4.20.